The molecule has 1 atom stereocenters. The fraction of sp³-hybridized carbons (Fsp3) is 0.267. The largest absolute Gasteiger partial charge is 0.496 e. The Morgan fingerprint density at radius 2 is 2.29 bits per heavy atom. The number of nitrogens with one attached hydrogen (secondary N) is 1. The van der Waals surface area contributed by atoms with Crippen molar-refractivity contribution in [3.8, 4) is 5.75 Å². The van der Waals surface area contributed by atoms with Crippen molar-refractivity contribution in [1.29, 1.82) is 0 Å². The molecule has 5 nitrogen and oxygen atoms in total. The van der Waals surface area contributed by atoms with Gasteiger partial charge in [0.1, 0.15) is 5.75 Å². The lowest BCUT2D eigenvalue weighted by Gasteiger charge is -2.14. The number of hydrogen-bond acceptors (Lipinski definition) is 5. The Labute approximate surface area is 128 Å². The molecule has 0 aliphatic heterocycles. The maximum Gasteiger partial charge on any atom is 0.173 e. The van der Waals surface area contributed by atoms with Crippen LogP contribution in [0, 0.1) is 0 Å². The van der Waals surface area contributed by atoms with Gasteiger partial charge in [-0.1, -0.05) is 17.3 Å². The summed E-state index contributed by atoms with van der Waals surface area (Å²) in [5, 5.41) is 17.4. The molecule has 0 amide bonds. The van der Waals surface area contributed by atoms with Crippen LogP contribution in [0.1, 0.15) is 29.0 Å². The van der Waals surface area contributed by atoms with Gasteiger partial charge in [0.05, 0.1) is 12.7 Å². The minimum atomic E-state index is 0.0417. The molecule has 2 rings (SSSR count). The summed E-state index contributed by atoms with van der Waals surface area (Å²) in [6, 6.07) is 10.1. The van der Waals surface area contributed by atoms with E-state index in [1.54, 1.807) is 18.4 Å². The summed E-state index contributed by atoms with van der Waals surface area (Å²) < 4.78 is 5.22. The Morgan fingerprint density at radius 1 is 1.48 bits per heavy atom. The molecule has 0 bridgehead atoms. The first kappa shape index (κ1) is 15.3. The number of amidine groups is 1. The lowest BCUT2D eigenvalue weighted by Crippen LogP contribution is -2.19. The Kier molecular flexibility index (Phi) is 5.19. The van der Waals surface area contributed by atoms with E-state index in [9.17, 15) is 0 Å². The zero-order chi connectivity index (χ0) is 15.2. The predicted molar refractivity (Wildman–Crippen MR) is 85.1 cm³/mol. The molecule has 1 aromatic heterocycles. The molecule has 21 heavy (non-hydrogen) atoms. The van der Waals surface area contributed by atoms with Gasteiger partial charge in [-0.2, -0.15) is 0 Å². The van der Waals surface area contributed by atoms with Crippen molar-refractivity contribution in [2.75, 3.05) is 7.11 Å². The van der Waals surface area contributed by atoms with Gasteiger partial charge in [-0.15, -0.1) is 11.3 Å². The highest BCUT2D eigenvalue weighted by atomic mass is 32.1. The number of rotatable bonds is 6. The monoisotopic (exact) mass is 305 g/mol. The van der Waals surface area contributed by atoms with E-state index in [1.165, 1.54) is 4.88 Å². The summed E-state index contributed by atoms with van der Waals surface area (Å²) in [5.74, 6) is 0.625. The van der Waals surface area contributed by atoms with Crippen molar-refractivity contribution in [2.24, 2.45) is 10.9 Å². The molecular weight excluding hydrogens is 286 g/mol. The van der Waals surface area contributed by atoms with Gasteiger partial charge in [-0.05, 0) is 36.1 Å². The lowest BCUT2D eigenvalue weighted by molar-refractivity contribution is 0.318. The van der Waals surface area contributed by atoms with Crippen molar-refractivity contribution in [3.63, 3.8) is 0 Å². The van der Waals surface area contributed by atoms with Crippen LogP contribution in [-0.2, 0) is 6.54 Å². The molecule has 2 aromatic rings. The number of nitrogens with two attached hydrogens (primary N) is 1. The average molecular weight is 305 g/mol. The molecule has 0 fully saturated rings. The standard InChI is InChI=1S/C15H19N3O2S/c1-10(14-4-3-7-21-14)17-9-11-5-6-13(20-2)12(8-11)15(16)18-19/h3-8,10,17,19H,9H2,1-2H3,(H2,16,18)/t10-/m1/s1. The fourth-order valence-corrected chi connectivity index (χ4v) is 2.79. The molecule has 0 unspecified atom stereocenters. The van der Waals surface area contributed by atoms with Crippen LogP contribution >= 0.6 is 11.3 Å². The molecule has 0 radical (unpaired) electrons. The summed E-state index contributed by atoms with van der Waals surface area (Å²) in [4.78, 5) is 1.29. The highest BCUT2D eigenvalue weighted by Crippen LogP contribution is 2.21. The molecule has 0 saturated heterocycles. The average Bonchev–Trinajstić information content (AvgIpc) is 3.06. The van der Waals surface area contributed by atoms with Gasteiger partial charge in [0.25, 0.3) is 0 Å². The third-order valence-electron chi connectivity index (χ3n) is 3.23. The van der Waals surface area contributed by atoms with Crippen molar-refractivity contribution in [3.05, 3.63) is 51.7 Å². The maximum atomic E-state index is 8.84. The van der Waals surface area contributed by atoms with E-state index >= 15 is 0 Å². The van der Waals surface area contributed by atoms with Crippen LogP contribution in [0.25, 0.3) is 0 Å². The van der Waals surface area contributed by atoms with E-state index in [2.05, 4.69) is 28.8 Å². The molecule has 1 aromatic carbocycles. The van der Waals surface area contributed by atoms with Crippen molar-refractivity contribution in [2.45, 2.75) is 19.5 Å². The van der Waals surface area contributed by atoms with Crippen LogP contribution in [-0.4, -0.2) is 18.2 Å². The first-order valence-electron chi connectivity index (χ1n) is 6.57. The first-order valence-corrected chi connectivity index (χ1v) is 7.45. The zero-order valence-electron chi connectivity index (χ0n) is 12.0. The molecule has 0 aliphatic rings. The van der Waals surface area contributed by atoms with Crippen molar-refractivity contribution >= 4 is 17.2 Å². The van der Waals surface area contributed by atoms with Gasteiger partial charge in [-0.25, -0.2) is 0 Å². The molecule has 0 aliphatic carbocycles. The third-order valence-corrected chi connectivity index (χ3v) is 4.28. The Balaban J connectivity index is 2.10. The number of benzene rings is 1. The third kappa shape index (κ3) is 3.74. The van der Waals surface area contributed by atoms with E-state index in [0.29, 0.717) is 17.9 Å². The second-order valence-corrected chi connectivity index (χ2v) is 5.62. The molecule has 4 N–H and O–H groups in total. The van der Waals surface area contributed by atoms with E-state index in [-0.39, 0.29) is 11.9 Å². The van der Waals surface area contributed by atoms with Crippen molar-refractivity contribution in [1.82, 2.24) is 5.32 Å². The number of oxime groups is 1. The Hall–Kier alpha value is -2.05. The van der Waals surface area contributed by atoms with E-state index < -0.39 is 0 Å². The SMILES string of the molecule is COc1ccc(CN[C@H](C)c2cccs2)cc1/C(N)=N/O. The van der Waals surface area contributed by atoms with Gasteiger partial charge in [0.2, 0.25) is 0 Å². The smallest absolute Gasteiger partial charge is 0.173 e. The topological polar surface area (TPSA) is 79.9 Å². The Bertz CT molecular complexity index is 611. The predicted octanol–water partition coefficient (Wildman–Crippen LogP) is 2.70. The van der Waals surface area contributed by atoms with Crippen molar-refractivity contribution < 1.29 is 9.94 Å². The van der Waals surface area contributed by atoms with Gasteiger partial charge in [-0.3, -0.25) is 0 Å². The maximum absolute atomic E-state index is 8.84. The summed E-state index contributed by atoms with van der Waals surface area (Å²) in [5.41, 5.74) is 7.30. The second kappa shape index (κ2) is 7.10. The van der Waals surface area contributed by atoms with Crippen LogP contribution in [0.15, 0.2) is 40.9 Å². The number of thiophene rings is 1. The summed E-state index contributed by atoms with van der Waals surface area (Å²) in [7, 11) is 1.56. The number of hydrogen-bond donors (Lipinski definition) is 3. The van der Waals surface area contributed by atoms with E-state index in [1.807, 2.05) is 24.3 Å². The molecule has 112 valence electrons. The number of nitrogens with zero attached hydrogens (tertiary/aromatic N) is 1. The van der Waals surface area contributed by atoms with Crippen LogP contribution in [0.3, 0.4) is 0 Å². The minimum absolute atomic E-state index is 0.0417. The van der Waals surface area contributed by atoms with Crippen LogP contribution in [0.2, 0.25) is 0 Å². The number of ether oxygens (including phenoxy) is 1. The first-order chi connectivity index (χ1) is 10.2. The summed E-state index contributed by atoms with van der Waals surface area (Å²) >= 11 is 1.73. The highest BCUT2D eigenvalue weighted by molar-refractivity contribution is 7.10. The van der Waals surface area contributed by atoms with E-state index in [0.717, 1.165) is 5.56 Å². The quantitative estimate of drug-likeness (QED) is 0.332. The fourth-order valence-electron chi connectivity index (χ4n) is 2.03. The normalized spacial score (nSPS) is 13.1. The van der Waals surface area contributed by atoms with Gasteiger partial charge in [0.15, 0.2) is 5.84 Å². The molecule has 0 spiro atoms. The van der Waals surface area contributed by atoms with Gasteiger partial charge in [0, 0.05) is 17.5 Å². The minimum Gasteiger partial charge on any atom is -0.496 e. The second-order valence-electron chi connectivity index (χ2n) is 4.64. The van der Waals surface area contributed by atoms with Crippen LogP contribution in [0.5, 0.6) is 5.75 Å². The molecule has 1 heterocycles. The zero-order valence-corrected chi connectivity index (χ0v) is 12.9. The van der Waals surface area contributed by atoms with Crippen LogP contribution < -0.4 is 15.8 Å². The van der Waals surface area contributed by atoms with Gasteiger partial charge < -0.3 is 21.0 Å². The summed E-state index contributed by atoms with van der Waals surface area (Å²) in [6.07, 6.45) is 0. The van der Waals surface area contributed by atoms with E-state index in [4.69, 9.17) is 15.7 Å². The van der Waals surface area contributed by atoms with Gasteiger partial charge >= 0.3 is 0 Å². The molecule has 6 heteroatoms. The lowest BCUT2D eigenvalue weighted by atomic mass is 10.1. The summed E-state index contributed by atoms with van der Waals surface area (Å²) in [6.45, 7) is 2.81. The molecule has 0 saturated carbocycles. The number of methoxy groups -OCH3 is 1. The Morgan fingerprint density at radius 3 is 2.90 bits per heavy atom. The van der Waals surface area contributed by atoms with Crippen LogP contribution in [0.4, 0.5) is 0 Å². The molecular formula is C15H19N3O2S. The highest BCUT2D eigenvalue weighted by Gasteiger charge is 2.10.